The number of rotatable bonds is 6. The molecule has 1 N–H and O–H groups in total. The fourth-order valence-electron chi connectivity index (χ4n) is 2.71. The molecule has 9 heteroatoms. The second-order valence-electron chi connectivity index (χ2n) is 6.49. The molecule has 2 aromatic carbocycles. The van der Waals surface area contributed by atoms with Gasteiger partial charge in [-0.2, -0.15) is 0 Å². The van der Waals surface area contributed by atoms with Gasteiger partial charge < -0.3 is 14.5 Å². The number of para-hydroxylation sites is 1. The Balaban J connectivity index is 1.66. The minimum absolute atomic E-state index is 0.0372. The number of esters is 1. The van der Waals surface area contributed by atoms with E-state index in [1.54, 1.807) is 19.1 Å². The molecule has 0 unspecified atom stereocenters. The molecule has 0 aliphatic rings. The quantitative estimate of drug-likeness (QED) is 0.620. The Kier molecular flexibility index (Phi) is 5.71. The highest BCUT2D eigenvalue weighted by atomic mass is 32.2. The van der Waals surface area contributed by atoms with Gasteiger partial charge in [-0.1, -0.05) is 24.3 Å². The van der Waals surface area contributed by atoms with Crippen LogP contribution in [-0.2, 0) is 19.6 Å². The monoisotopic (exact) mass is 416 g/mol. The molecule has 0 fully saturated rings. The highest BCUT2D eigenvalue weighted by Crippen LogP contribution is 2.25. The number of ether oxygens (including phenoxy) is 1. The second-order valence-corrected chi connectivity index (χ2v) is 8.64. The van der Waals surface area contributed by atoms with E-state index in [1.165, 1.54) is 38.4 Å². The van der Waals surface area contributed by atoms with Crippen LogP contribution >= 0.6 is 0 Å². The van der Waals surface area contributed by atoms with Crippen molar-refractivity contribution in [3.63, 3.8) is 0 Å². The molecule has 3 rings (SSSR count). The van der Waals surface area contributed by atoms with Crippen LogP contribution in [-0.4, -0.2) is 45.3 Å². The number of benzene rings is 2. The summed E-state index contributed by atoms with van der Waals surface area (Å²) >= 11 is 0. The Morgan fingerprint density at radius 3 is 2.52 bits per heavy atom. The fraction of sp³-hybridized carbons (Fsp3) is 0.200. The lowest BCUT2D eigenvalue weighted by atomic mass is 10.1. The molecule has 0 atom stereocenters. The van der Waals surface area contributed by atoms with E-state index in [0.29, 0.717) is 11.1 Å². The first-order valence-electron chi connectivity index (χ1n) is 8.68. The molecule has 0 aliphatic heterocycles. The van der Waals surface area contributed by atoms with Crippen LogP contribution in [0.5, 0.6) is 0 Å². The van der Waals surface area contributed by atoms with Gasteiger partial charge in [0.05, 0.1) is 4.90 Å². The summed E-state index contributed by atoms with van der Waals surface area (Å²) in [4.78, 5) is 24.4. The van der Waals surface area contributed by atoms with E-state index in [2.05, 4.69) is 5.32 Å². The van der Waals surface area contributed by atoms with E-state index in [-0.39, 0.29) is 16.3 Å². The number of fused-ring (bicyclic) bond motifs is 1. The number of anilines is 1. The summed E-state index contributed by atoms with van der Waals surface area (Å²) in [6, 6.07) is 13.0. The third kappa shape index (κ3) is 4.30. The highest BCUT2D eigenvalue weighted by Gasteiger charge is 2.20. The smallest absolute Gasteiger partial charge is 0.375 e. The number of aryl methyl sites for hydroxylation is 1. The Morgan fingerprint density at radius 2 is 1.83 bits per heavy atom. The van der Waals surface area contributed by atoms with Gasteiger partial charge in [-0.15, -0.1) is 0 Å². The molecule has 3 aromatic rings. The molecule has 152 valence electrons. The number of hydrogen-bond acceptors (Lipinski definition) is 6. The summed E-state index contributed by atoms with van der Waals surface area (Å²) in [6.45, 7) is 1.19. The number of furan rings is 1. The molecular formula is C20H20N2O6S. The summed E-state index contributed by atoms with van der Waals surface area (Å²) in [7, 11) is -0.797. The number of sulfonamides is 1. The standard InChI is InChI=1S/C20H20N2O6S/c1-13-16-9-4-5-10-17(16)28-19(13)20(24)27-12-18(23)21-14-7-6-8-15(11-14)29(25,26)22(2)3/h4-11H,12H2,1-3H3,(H,21,23). The van der Waals surface area contributed by atoms with E-state index in [1.807, 2.05) is 12.1 Å². The molecule has 0 aliphatic carbocycles. The van der Waals surface area contributed by atoms with Gasteiger partial charge >= 0.3 is 5.97 Å². The maximum atomic E-state index is 12.3. The first-order valence-corrected chi connectivity index (χ1v) is 10.1. The van der Waals surface area contributed by atoms with Crippen LogP contribution in [0.4, 0.5) is 5.69 Å². The number of hydrogen-bond donors (Lipinski definition) is 1. The second kappa shape index (κ2) is 8.06. The van der Waals surface area contributed by atoms with Crippen LogP contribution in [0, 0.1) is 6.92 Å². The average Bonchev–Trinajstić information content (AvgIpc) is 3.03. The van der Waals surface area contributed by atoms with Gasteiger partial charge in [-0.25, -0.2) is 17.5 Å². The van der Waals surface area contributed by atoms with Gasteiger partial charge in [-0.05, 0) is 31.2 Å². The predicted molar refractivity (Wildman–Crippen MR) is 107 cm³/mol. The minimum atomic E-state index is -3.63. The Labute approximate surface area is 168 Å². The van der Waals surface area contributed by atoms with Crippen LogP contribution in [0.1, 0.15) is 16.1 Å². The van der Waals surface area contributed by atoms with Crippen molar-refractivity contribution in [2.75, 3.05) is 26.0 Å². The van der Waals surface area contributed by atoms with Crippen molar-refractivity contribution in [3.05, 3.63) is 59.9 Å². The molecule has 0 saturated heterocycles. The summed E-state index contributed by atoms with van der Waals surface area (Å²) in [5.74, 6) is -1.32. The van der Waals surface area contributed by atoms with Crippen LogP contribution in [0.2, 0.25) is 0 Å². The zero-order valence-electron chi connectivity index (χ0n) is 16.1. The van der Waals surface area contributed by atoms with E-state index in [9.17, 15) is 18.0 Å². The topological polar surface area (TPSA) is 106 Å². The van der Waals surface area contributed by atoms with Crippen molar-refractivity contribution < 1.29 is 27.2 Å². The molecule has 29 heavy (non-hydrogen) atoms. The van der Waals surface area contributed by atoms with Crippen LogP contribution in [0.25, 0.3) is 11.0 Å². The third-order valence-corrected chi connectivity index (χ3v) is 6.07. The van der Waals surface area contributed by atoms with E-state index in [4.69, 9.17) is 9.15 Å². The third-order valence-electron chi connectivity index (χ3n) is 4.26. The molecule has 1 amide bonds. The fourth-order valence-corrected chi connectivity index (χ4v) is 3.66. The van der Waals surface area contributed by atoms with E-state index in [0.717, 1.165) is 9.69 Å². The lowest BCUT2D eigenvalue weighted by molar-refractivity contribution is -0.119. The SMILES string of the molecule is Cc1c(C(=O)OCC(=O)Nc2cccc(S(=O)(=O)N(C)C)c2)oc2ccccc12. The zero-order valence-corrected chi connectivity index (χ0v) is 16.9. The Morgan fingerprint density at radius 1 is 1.10 bits per heavy atom. The van der Waals surface area contributed by atoms with Gasteiger partial charge in [0.25, 0.3) is 5.91 Å². The average molecular weight is 416 g/mol. The van der Waals surface area contributed by atoms with Crippen molar-refractivity contribution in [2.24, 2.45) is 0 Å². The van der Waals surface area contributed by atoms with Crippen molar-refractivity contribution in [3.8, 4) is 0 Å². The summed E-state index contributed by atoms with van der Waals surface area (Å²) in [5, 5.41) is 3.31. The predicted octanol–water partition coefficient (Wildman–Crippen LogP) is 2.79. The summed E-state index contributed by atoms with van der Waals surface area (Å²) in [5.41, 5.74) is 1.46. The van der Waals surface area contributed by atoms with Crippen molar-refractivity contribution in [1.29, 1.82) is 0 Å². The van der Waals surface area contributed by atoms with Gasteiger partial charge in [0.1, 0.15) is 5.58 Å². The van der Waals surface area contributed by atoms with Crippen molar-refractivity contribution in [1.82, 2.24) is 4.31 Å². The zero-order chi connectivity index (χ0) is 21.2. The summed E-state index contributed by atoms with van der Waals surface area (Å²) in [6.07, 6.45) is 0. The number of nitrogens with one attached hydrogen (secondary N) is 1. The number of carbonyl (C=O) groups is 2. The normalized spacial score (nSPS) is 11.6. The number of carbonyl (C=O) groups excluding carboxylic acids is 2. The lowest BCUT2D eigenvalue weighted by Crippen LogP contribution is -2.23. The highest BCUT2D eigenvalue weighted by molar-refractivity contribution is 7.89. The minimum Gasteiger partial charge on any atom is -0.450 e. The van der Waals surface area contributed by atoms with Gasteiger partial charge in [0.15, 0.2) is 6.61 Å². The van der Waals surface area contributed by atoms with Crippen LogP contribution in [0.3, 0.4) is 0 Å². The first kappa shape index (κ1) is 20.6. The number of amides is 1. The Hall–Kier alpha value is -3.17. The molecule has 0 bridgehead atoms. The first-order chi connectivity index (χ1) is 13.7. The van der Waals surface area contributed by atoms with Gasteiger partial charge in [-0.3, -0.25) is 4.79 Å². The van der Waals surface area contributed by atoms with Crippen LogP contribution < -0.4 is 5.32 Å². The molecular weight excluding hydrogens is 396 g/mol. The maximum Gasteiger partial charge on any atom is 0.375 e. The van der Waals surface area contributed by atoms with Crippen molar-refractivity contribution in [2.45, 2.75) is 11.8 Å². The molecule has 0 radical (unpaired) electrons. The largest absolute Gasteiger partial charge is 0.450 e. The molecule has 1 aromatic heterocycles. The maximum absolute atomic E-state index is 12.3. The molecule has 0 spiro atoms. The van der Waals surface area contributed by atoms with Gasteiger partial charge in [0.2, 0.25) is 15.8 Å². The van der Waals surface area contributed by atoms with E-state index >= 15 is 0 Å². The lowest BCUT2D eigenvalue weighted by Gasteiger charge is -2.12. The molecule has 1 heterocycles. The van der Waals surface area contributed by atoms with Crippen LogP contribution in [0.15, 0.2) is 57.8 Å². The molecule has 8 nitrogen and oxygen atoms in total. The molecule has 0 saturated carbocycles. The van der Waals surface area contributed by atoms with Crippen molar-refractivity contribution >= 4 is 38.6 Å². The Bertz CT molecular complexity index is 1180. The summed E-state index contributed by atoms with van der Waals surface area (Å²) < 4.78 is 36.0. The van der Waals surface area contributed by atoms with E-state index < -0.39 is 28.5 Å². The number of nitrogens with zero attached hydrogens (tertiary/aromatic N) is 1. The van der Waals surface area contributed by atoms with Gasteiger partial charge in [0, 0.05) is 30.7 Å².